The summed E-state index contributed by atoms with van der Waals surface area (Å²) in [5.74, 6) is -0.609. The van der Waals surface area contributed by atoms with Gasteiger partial charge in [0, 0.05) is 18.7 Å². The molecule has 1 aliphatic rings. The molecule has 206 valence electrons. The minimum atomic E-state index is -0.839. The number of aryl methyl sites for hydroxylation is 1. The van der Waals surface area contributed by atoms with Crippen molar-refractivity contribution >= 4 is 17.4 Å². The number of phenolic OH excluding ortho intramolecular Hbond substituents is 1. The first-order valence-electron chi connectivity index (χ1n) is 13.2. The molecule has 1 heterocycles. The summed E-state index contributed by atoms with van der Waals surface area (Å²) in [5, 5.41) is 21.9. The van der Waals surface area contributed by atoms with Gasteiger partial charge in [0.25, 0.3) is 11.7 Å². The molecule has 0 aromatic heterocycles. The van der Waals surface area contributed by atoms with Gasteiger partial charge in [-0.1, -0.05) is 33.8 Å². The van der Waals surface area contributed by atoms with Crippen LogP contribution in [0.4, 0.5) is 0 Å². The summed E-state index contributed by atoms with van der Waals surface area (Å²) < 4.78 is 11.1. The van der Waals surface area contributed by atoms with E-state index in [4.69, 9.17) is 9.47 Å². The van der Waals surface area contributed by atoms with Crippen LogP contribution in [0.25, 0.3) is 5.76 Å². The lowest BCUT2D eigenvalue weighted by Gasteiger charge is -2.28. The average molecular weight is 525 g/mol. The number of rotatable bonds is 11. The molecule has 8 nitrogen and oxygen atoms in total. The summed E-state index contributed by atoms with van der Waals surface area (Å²) in [6.07, 6.45) is 0. The van der Waals surface area contributed by atoms with E-state index in [2.05, 4.69) is 4.90 Å². The molecule has 38 heavy (non-hydrogen) atoms. The van der Waals surface area contributed by atoms with Crippen molar-refractivity contribution in [3.8, 4) is 17.2 Å². The summed E-state index contributed by atoms with van der Waals surface area (Å²) in [5.41, 5.74) is 2.67. The number of aliphatic hydroxyl groups is 1. The van der Waals surface area contributed by atoms with E-state index in [1.165, 1.54) is 11.0 Å². The van der Waals surface area contributed by atoms with Gasteiger partial charge in [0.1, 0.15) is 11.5 Å². The zero-order valence-electron chi connectivity index (χ0n) is 23.5. The molecule has 1 amide bonds. The van der Waals surface area contributed by atoms with Crippen LogP contribution >= 0.6 is 0 Å². The minimum Gasteiger partial charge on any atom is -0.507 e. The monoisotopic (exact) mass is 524 g/mol. The lowest BCUT2D eigenvalue weighted by atomic mass is 9.91. The van der Waals surface area contributed by atoms with E-state index >= 15 is 0 Å². The van der Waals surface area contributed by atoms with E-state index < -0.39 is 17.7 Å². The lowest BCUT2D eigenvalue weighted by molar-refractivity contribution is -0.140. The van der Waals surface area contributed by atoms with Gasteiger partial charge in [-0.05, 0) is 73.8 Å². The second-order valence-electron chi connectivity index (χ2n) is 9.74. The van der Waals surface area contributed by atoms with Gasteiger partial charge in [-0.2, -0.15) is 0 Å². The highest BCUT2D eigenvalue weighted by atomic mass is 16.5. The number of phenols is 1. The van der Waals surface area contributed by atoms with Crippen LogP contribution in [-0.4, -0.2) is 71.6 Å². The highest BCUT2D eigenvalue weighted by molar-refractivity contribution is 6.46. The van der Waals surface area contributed by atoms with Crippen LogP contribution in [0.3, 0.4) is 0 Å². The Hall–Kier alpha value is -3.52. The quantitative estimate of drug-likeness (QED) is 0.243. The van der Waals surface area contributed by atoms with Gasteiger partial charge in [0.15, 0.2) is 11.5 Å². The number of carbonyl (C=O) groups excluding carboxylic acids is 2. The maximum absolute atomic E-state index is 13.5. The Balaban J connectivity index is 2.24. The third-order valence-corrected chi connectivity index (χ3v) is 7.14. The molecule has 0 bridgehead atoms. The molecular formula is C30H40N2O6. The highest BCUT2D eigenvalue weighted by Crippen LogP contribution is 2.43. The summed E-state index contributed by atoms with van der Waals surface area (Å²) in [4.78, 5) is 30.6. The molecule has 0 radical (unpaired) electrons. The molecule has 2 aromatic carbocycles. The largest absolute Gasteiger partial charge is 0.507 e. The van der Waals surface area contributed by atoms with Crippen LogP contribution in [0.2, 0.25) is 0 Å². The fraction of sp³-hybridized carbons (Fsp3) is 0.467. The van der Waals surface area contributed by atoms with Crippen LogP contribution < -0.4 is 9.47 Å². The Morgan fingerprint density at radius 1 is 1.08 bits per heavy atom. The van der Waals surface area contributed by atoms with Crippen molar-refractivity contribution in [3.63, 3.8) is 0 Å². The van der Waals surface area contributed by atoms with Crippen molar-refractivity contribution in [1.29, 1.82) is 0 Å². The van der Waals surface area contributed by atoms with Crippen molar-refractivity contribution < 1.29 is 29.3 Å². The Bertz CT molecular complexity index is 1220. The number of benzene rings is 2. The third-order valence-electron chi connectivity index (χ3n) is 7.14. The van der Waals surface area contributed by atoms with Crippen molar-refractivity contribution in [2.24, 2.45) is 0 Å². The molecule has 0 spiro atoms. The number of ketones is 1. The number of ether oxygens (including phenoxy) is 2. The molecule has 2 aromatic rings. The van der Waals surface area contributed by atoms with Crippen LogP contribution in [0, 0.1) is 6.92 Å². The topological polar surface area (TPSA) is 99.5 Å². The van der Waals surface area contributed by atoms with Gasteiger partial charge >= 0.3 is 0 Å². The molecule has 1 atom stereocenters. The van der Waals surface area contributed by atoms with E-state index in [0.29, 0.717) is 36.6 Å². The number of hydrogen-bond acceptors (Lipinski definition) is 7. The first-order valence-corrected chi connectivity index (χ1v) is 13.2. The number of carbonyl (C=O) groups is 2. The summed E-state index contributed by atoms with van der Waals surface area (Å²) >= 11 is 0. The van der Waals surface area contributed by atoms with Gasteiger partial charge < -0.3 is 29.5 Å². The zero-order valence-corrected chi connectivity index (χ0v) is 23.5. The molecule has 3 rings (SSSR count). The van der Waals surface area contributed by atoms with E-state index in [1.54, 1.807) is 26.2 Å². The van der Waals surface area contributed by atoms with Crippen molar-refractivity contribution in [2.45, 2.75) is 53.5 Å². The van der Waals surface area contributed by atoms with E-state index in [1.807, 2.05) is 46.8 Å². The van der Waals surface area contributed by atoms with Gasteiger partial charge in [-0.15, -0.1) is 0 Å². The molecule has 2 N–H and O–H groups in total. The molecule has 1 unspecified atom stereocenters. The van der Waals surface area contributed by atoms with Crippen molar-refractivity contribution in [3.05, 3.63) is 58.2 Å². The van der Waals surface area contributed by atoms with Crippen molar-refractivity contribution in [1.82, 2.24) is 9.80 Å². The lowest BCUT2D eigenvalue weighted by Crippen LogP contribution is -2.38. The van der Waals surface area contributed by atoms with Gasteiger partial charge in [-0.3, -0.25) is 9.59 Å². The predicted octanol–water partition coefficient (Wildman–Crippen LogP) is 4.99. The maximum Gasteiger partial charge on any atom is 0.295 e. The van der Waals surface area contributed by atoms with Gasteiger partial charge in [-0.25, -0.2) is 0 Å². The van der Waals surface area contributed by atoms with Crippen LogP contribution in [-0.2, 0) is 9.59 Å². The predicted molar refractivity (Wildman–Crippen MR) is 148 cm³/mol. The molecular weight excluding hydrogens is 484 g/mol. The number of likely N-dealkylation sites (N-methyl/N-ethyl adjacent to an activating group) is 1. The van der Waals surface area contributed by atoms with Gasteiger partial charge in [0.2, 0.25) is 0 Å². The zero-order chi connectivity index (χ0) is 28.1. The van der Waals surface area contributed by atoms with E-state index in [-0.39, 0.29) is 28.7 Å². The number of nitrogens with zero attached hydrogens (tertiary/aromatic N) is 2. The second-order valence-corrected chi connectivity index (χ2v) is 9.74. The van der Waals surface area contributed by atoms with Crippen LogP contribution in [0.15, 0.2) is 35.9 Å². The number of aromatic hydroxyl groups is 1. The normalized spacial score (nSPS) is 17.1. The van der Waals surface area contributed by atoms with Gasteiger partial charge in [0.05, 0.1) is 25.3 Å². The fourth-order valence-electron chi connectivity index (χ4n) is 4.94. The van der Waals surface area contributed by atoms with Crippen molar-refractivity contribution in [2.75, 3.05) is 39.9 Å². The minimum absolute atomic E-state index is 0.0191. The Kier molecular flexibility index (Phi) is 9.44. The maximum atomic E-state index is 13.5. The molecule has 1 aliphatic heterocycles. The second kappa shape index (κ2) is 12.3. The Morgan fingerprint density at radius 3 is 2.34 bits per heavy atom. The number of methoxy groups -OCH3 is 1. The van der Waals surface area contributed by atoms with Crippen LogP contribution in [0.5, 0.6) is 17.2 Å². The number of likely N-dealkylation sites (tertiary alicyclic amines) is 1. The molecule has 8 heteroatoms. The fourth-order valence-corrected chi connectivity index (χ4v) is 4.94. The first kappa shape index (κ1) is 29.0. The SMILES string of the molecule is CCOc1cc(C2/C(=C(\O)c3cc(C(C)C)c(OC)cc3C)C(=O)C(=O)N2CCN(CC)CC)ccc1O. The summed E-state index contributed by atoms with van der Waals surface area (Å²) in [6, 6.07) is 7.61. The van der Waals surface area contributed by atoms with E-state index in [0.717, 1.165) is 24.2 Å². The number of hydrogen-bond donors (Lipinski definition) is 2. The standard InChI is InChI=1S/C30H40N2O6/c1-8-31(9-2)13-14-32-27(20-11-12-23(33)25(16-20)38-10-3)26(29(35)30(32)36)28(34)22-17-21(18(4)5)24(37-7)15-19(22)6/h11-12,15-18,27,33-34H,8-10,13-14H2,1-7H3/b28-26+. The molecule has 0 aliphatic carbocycles. The molecule has 1 saturated heterocycles. The van der Waals surface area contributed by atoms with Crippen LogP contribution in [0.1, 0.15) is 68.8 Å². The summed E-state index contributed by atoms with van der Waals surface area (Å²) in [6.45, 7) is 14.6. The first-order chi connectivity index (χ1) is 18.1. The Labute approximate surface area is 225 Å². The Morgan fingerprint density at radius 2 is 1.76 bits per heavy atom. The summed E-state index contributed by atoms with van der Waals surface area (Å²) in [7, 11) is 1.60. The number of amides is 1. The molecule has 1 fully saturated rings. The number of Topliss-reactive ketones (excluding diaryl/α,β-unsaturated/α-hetero) is 1. The van der Waals surface area contributed by atoms with E-state index in [9.17, 15) is 19.8 Å². The number of aliphatic hydroxyl groups excluding tert-OH is 1. The molecule has 0 saturated carbocycles. The average Bonchev–Trinajstić information content (AvgIpc) is 3.14. The third kappa shape index (κ3) is 5.65. The smallest absolute Gasteiger partial charge is 0.295 e. The highest BCUT2D eigenvalue weighted by Gasteiger charge is 2.46.